The lowest BCUT2D eigenvalue weighted by Gasteiger charge is -2.47. The number of carbonyl (C=O) groups excluding carboxylic acids is 1. The van der Waals surface area contributed by atoms with Gasteiger partial charge in [0, 0.05) is 24.6 Å². The predicted molar refractivity (Wildman–Crippen MR) is 92.2 cm³/mol. The summed E-state index contributed by atoms with van der Waals surface area (Å²) in [5.41, 5.74) is 1.46. The van der Waals surface area contributed by atoms with E-state index in [4.69, 9.17) is 4.74 Å². The van der Waals surface area contributed by atoms with Crippen molar-refractivity contribution in [1.82, 2.24) is 4.90 Å². The van der Waals surface area contributed by atoms with Crippen molar-refractivity contribution < 1.29 is 13.9 Å². The van der Waals surface area contributed by atoms with Crippen LogP contribution in [-0.4, -0.2) is 30.1 Å². The Morgan fingerprint density at radius 2 is 2.00 bits per heavy atom. The zero-order valence-corrected chi connectivity index (χ0v) is 14.0. The van der Waals surface area contributed by atoms with Gasteiger partial charge in [0.15, 0.2) is 0 Å². The lowest BCUT2D eigenvalue weighted by Crippen LogP contribution is -2.50. The number of thiophene rings is 1. The van der Waals surface area contributed by atoms with Crippen LogP contribution in [0.1, 0.15) is 28.1 Å². The highest BCUT2D eigenvalue weighted by Gasteiger charge is 2.40. The van der Waals surface area contributed by atoms with Gasteiger partial charge in [0.1, 0.15) is 16.8 Å². The van der Waals surface area contributed by atoms with Gasteiger partial charge in [-0.25, -0.2) is 9.18 Å². The number of carbonyl (C=O) groups is 1. The second-order valence-corrected chi connectivity index (χ2v) is 7.17. The van der Waals surface area contributed by atoms with Gasteiger partial charge in [0.05, 0.1) is 5.70 Å². The van der Waals surface area contributed by atoms with E-state index < -0.39 is 0 Å². The summed E-state index contributed by atoms with van der Waals surface area (Å²) < 4.78 is 19.9. The molecule has 0 N–H and O–H groups in total. The minimum atomic E-state index is -0.290. The van der Waals surface area contributed by atoms with Gasteiger partial charge in [-0.3, -0.25) is 0 Å². The van der Waals surface area contributed by atoms with E-state index in [0.717, 1.165) is 31.6 Å². The van der Waals surface area contributed by atoms with E-state index in [1.54, 1.807) is 18.2 Å². The molecule has 1 aromatic heterocycles. The first kappa shape index (κ1) is 15.4. The monoisotopic (exact) mass is 343 g/mol. The van der Waals surface area contributed by atoms with Gasteiger partial charge in [-0.05, 0) is 36.4 Å². The van der Waals surface area contributed by atoms with Crippen molar-refractivity contribution in [2.45, 2.75) is 18.9 Å². The van der Waals surface area contributed by atoms with Gasteiger partial charge in [-0.15, -0.1) is 11.3 Å². The first-order valence-electron chi connectivity index (χ1n) is 8.18. The number of hydrogen-bond donors (Lipinski definition) is 0. The van der Waals surface area contributed by atoms with Crippen molar-refractivity contribution in [2.24, 2.45) is 5.92 Å². The number of fused-ring (bicyclic) bond motifs is 3. The predicted octanol–water partition coefficient (Wildman–Crippen LogP) is 4.18. The van der Waals surface area contributed by atoms with E-state index in [-0.39, 0.29) is 17.9 Å². The number of hydrogen-bond acceptors (Lipinski definition) is 4. The lowest BCUT2D eigenvalue weighted by atomic mass is 9.82. The van der Waals surface area contributed by atoms with Gasteiger partial charge in [-0.1, -0.05) is 24.3 Å². The Morgan fingerprint density at radius 3 is 2.71 bits per heavy atom. The minimum Gasteiger partial charge on any atom is -0.451 e. The van der Waals surface area contributed by atoms with E-state index in [1.165, 1.54) is 17.4 Å². The summed E-state index contributed by atoms with van der Waals surface area (Å²) in [5, 5.41) is 1.86. The SMILES string of the molecule is O=C(O[C@H]1/C(=C/c2ccccc2F)N2CCC1CC2)c1cccs1. The van der Waals surface area contributed by atoms with Crippen LogP contribution in [0.3, 0.4) is 0 Å². The molecule has 3 fully saturated rings. The van der Waals surface area contributed by atoms with Crippen molar-refractivity contribution in [3.05, 3.63) is 63.7 Å². The molecule has 0 unspecified atom stereocenters. The quantitative estimate of drug-likeness (QED) is 0.783. The summed E-state index contributed by atoms with van der Waals surface area (Å²) >= 11 is 1.38. The number of halogens is 1. The zero-order chi connectivity index (χ0) is 16.5. The Labute approximate surface area is 144 Å². The van der Waals surface area contributed by atoms with Gasteiger partial charge in [0.2, 0.25) is 0 Å². The molecule has 0 aliphatic carbocycles. The summed E-state index contributed by atoms with van der Waals surface area (Å²) in [4.78, 5) is 15.2. The van der Waals surface area contributed by atoms with Crippen molar-refractivity contribution in [3.8, 4) is 0 Å². The molecule has 1 aromatic carbocycles. The van der Waals surface area contributed by atoms with Gasteiger partial charge < -0.3 is 9.64 Å². The third-order valence-corrected chi connectivity index (χ3v) is 5.64. The molecule has 0 spiro atoms. The van der Waals surface area contributed by atoms with Crippen molar-refractivity contribution in [1.29, 1.82) is 0 Å². The lowest BCUT2D eigenvalue weighted by molar-refractivity contribution is -0.0157. The van der Waals surface area contributed by atoms with E-state index in [2.05, 4.69) is 4.90 Å². The van der Waals surface area contributed by atoms with Crippen LogP contribution >= 0.6 is 11.3 Å². The summed E-state index contributed by atoms with van der Waals surface area (Å²) in [6.45, 7) is 1.88. The fourth-order valence-electron chi connectivity index (χ4n) is 3.53. The van der Waals surface area contributed by atoms with Gasteiger partial charge in [-0.2, -0.15) is 0 Å². The molecule has 3 aliphatic rings. The standard InChI is InChI=1S/C19H18FNO2S/c20-15-5-2-1-4-14(15)12-16-18(13-7-9-21(16)10-8-13)23-19(22)17-6-3-11-24-17/h1-6,11-13,18H,7-10H2/b16-12-/t18-/m1/s1. The van der Waals surface area contributed by atoms with Crippen LogP contribution in [0.4, 0.5) is 4.39 Å². The molecule has 124 valence electrons. The molecular weight excluding hydrogens is 325 g/mol. The fraction of sp³-hybridized carbons (Fsp3) is 0.316. The number of rotatable bonds is 3. The Kier molecular flexibility index (Phi) is 4.10. The van der Waals surface area contributed by atoms with Crippen LogP contribution in [0, 0.1) is 11.7 Å². The smallest absolute Gasteiger partial charge is 0.348 e. The molecule has 3 aliphatic heterocycles. The molecule has 2 bridgehead atoms. The van der Waals surface area contributed by atoms with E-state index >= 15 is 0 Å². The number of piperidine rings is 3. The molecule has 3 nitrogen and oxygen atoms in total. The van der Waals surface area contributed by atoms with Crippen molar-refractivity contribution in [2.75, 3.05) is 13.1 Å². The maximum Gasteiger partial charge on any atom is 0.348 e. The fourth-order valence-corrected chi connectivity index (χ4v) is 4.14. The minimum absolute atomic E-state index is 0.254. The molecule has 5 heteroatoms. The summed E-state index contributed by atoms with van der Waals surface area (Å²) in [6, 6.07) is 10.3. The third kappa shape index (κ3) is 2.84. The van der Waals surface area contributed by atoms with Crippen LogP contribution in [-0.2, 0) is 4.74 Å². The Morgan fingerprint density at radius 1 is 1.21 bits per heavy atom. The highest BCUT2D eigenvalue weighted by molar-refractivity contribution is 7.11. The molecule has 0 saturated carbocycles. The Bertz CT molecular complexity index is 763. The highest BCUT2D eigenvalue weighted by Crippen LogP contribution is 2.38. The van der Waals surface area contributed by atoms with E-state index in [0.29, 0.717) is 16.4 Å². The third-order valence-electron chi connectivity index (χ3n) is 4.79. The summed E-state index contributed by atoms with van der Waals surface area (Å²) in [7, 11) is 0. The van der Waals surface area contributed by atoms with Crippen LogP contribution in [0.25, 0.3) is 6.08 Å². The van der Waals surface area contributed by atoms with E-state index in [1.807, 2.05) is 23.6 Å². The molecule has 4 heterocycles. The van der Waals surface area contributed by atoms with Gasteiger partial charge in [0.25, 0.3) is 0 Å². The average Bonchev–Trinajstić information content (AvgIpc) is 3.14. The summed E-state index contributed by atoms with van der Waals surface area (Å²) in [6.07, 6.45) is 3.57. The first-order valence-corrected chi connectivity index (χ1v) is 9.06. The molecule has 0 radical (unpaired) electrons. The van der Waals surface area contributed by atoms with Crippen molar-refractivity contribution >= 4 is 23.4 Å². The van der Waals surface area contributed by atoms with Crippen molar-refractivity contribution in [3.63, 3.8) is 0 Å². The molecule has 0 amide bonds. The second kappa shape index (κ2) is 6.40. The van der Waals surface area contributed by atoms with Crippen LogP contribution in [0.5, 0.6) is 0 Å². The Balaban J connectivity index is 1.65. The summed E-state index contributed by atoms with van der Waals surface area (Å²) in [5.74, 6) is -0.226. The highest BCUT2D eigenvalue weighted by atomic mass is 32.1. The molecule has 2 aromatic rings. The molecule has 5 rings (SSSR count). The van der Waals surface area contributed by atoms with E-state index in [9.17, 15) is 9.18 Å². The number of nitrogens with zero attached hydrogens (tertiary/aromatic N) is 1. The topological polar surface area (TPSA) is 29.5 Å². The zero-order valence-electron chi connectivity index (χ0n) is 13.2. The normalized spacial score (nSPS) is 24.4. The first-order chi connectivity index (χ1) is 11.7. The van der Waals surface area contributed by atoms with Crippen LogP contribution in [0.15, 0.2) is 47.5 Å². The average molecular weight is 343 g/mol. The molecule has 24 heavy (non-hydrogen) atoms. The largest absolute Gasteiger partial charge is 0.451 e. The number of benzene rings is 1. The second-order valence-electron chi connectivity index (χ2n) is 6.22. The molecule has 3 saturated heterocycles. The maximum atomic E-state index is 14.0. The Hall–Kier alpha value is -2.14. The van der Waals surface area contributed by atoms with Crippen LogP contribution < -0.4 is 0 Å². The molecular formula is C19H18FNO2S. The molecule has 1 atom stereocenters. The number of ether oxygens (including phenoxy) is 1. The maximum absolute atomic E-state index is 14.0. The van der Waals surface area contributed by atoms with Crippen LogP contribution in [0.2, 0.25) is 0 Å². The van der Waals surface area contributed by atoms with Gasteiger partial charge >= 0.3 is 5.97 Å². The number of esters is 1.